The molecule has 0 atom stereocenters. The Bertz CT molecular complexity index is 392. The SMILES string of the molecule is Cc1ccc(C23OCC(CO2)CO3)cc1C. The van der Waals surface area contributed by atoms with Crippen LogP contribution in [0.25, 0.3) is 0 Å². The Hall–Kier alpha value is -0.900. The third-order valence-corrected chi connectivity index (χ3v) is 3.39. The number of fused-ring (bicyclic) bond motifs is 3. The van der Waals surface area contributed by atoms with Crippen LogP contribution >= 0.6 is 0 Å². The molecule has 3 saturated heterocycles. The maximum absolute atomic E-state index is 5.70. The van der Waals surface area contributed by atoms with Gasteiger partial charge in [0.15, 0.2) is 0 Å². The van der Waals surface area contributed by atoms with Gasteiger partial charge in [0, 0.05) is 11.5 Å². The molecular formula is C13H16O3. The fraction of sp³-hybridized carbons (Fsp3) is 0.538. The standard InChI is InChI=1S/C13H16O3/c1-9-3-4-12(5-10(9)2)13-14-6-11(7-15-13)8-16-13/h3-5,11H,6-8H2,1-2H3. The average molecular weight is 220 g/mol. The van der Waals surface area contributed by atoms with E-state index in [0.29, 0.717) is 5.92 Å². The molecule has 3 heterocycles. The maximum atomic E-state index is 5.70. The molecule has 3 fully saturated rings. The predicted molar refractivity (Wildman–Crippen MR) is 58.9 cm³/mol. The summed E-state index contributed by atoms with van der Waals surface area (Å²) in [5.41, 5.74) is 3.47. The summed E-state index contributed by atoms with van der Waals surface area (Å²) in [6.07, 6.45) is 0. The van der Waals surface area contributed by atoms with Gasteiger partial charge in [-0.25, -0.2) is 0 Å². The average Bonchev–Trinajstić information content (AvgIpc) is 2.35. The van der Waals surface area contributed by atoms with Crippen LogP contribution < -0.4 is 0 Å². The lowest BCUT2D eigenvalue weighted by molar-refractivity contribution is -0.460. The van der Waals surface area contributed by atoms with Gasteiger partial charge in [0.05, 0.1) is 19.8 Å². The van der Waals surface area contributed by atoms with Crippen molar-refractivity contribution >= 4 is 0 Å². The van der Waals surface area contributed by atoms with Crippen LogP contribution in [0, 0.1) is 19.8 Å². The third kappa shape index (κ3) is 1.47. The van der Waals surface area contributed by atoms with Crippen LogP contribution in [0.15, 0.2) is 18.2 Å². The van der Waals surface area contributed by atoms with E-state index in [1.807, 2.05) is 6.07 Å². The first-order valence-electron chi connectivity index (χ1n) is 5.69. The van der Waals surface area contributed by atoms with Crippen LogP contribution in [0.1, 0.15) is 16.7 Å². The molecule has 0 aliphatic carbocycles. The van der Waals surface area contributed by atoms with E-state index in [0.717, 1.165) is 25.4 Å². The lowest BCUT2D eigenvalue weighted by Crippen LogP contribution is -2.51. The van der Waals surface area contributed by atoms with Crippen LogP contribution in [0.3, 0.4) is 0 Å². The Morgan fingerprint density at radius 1 is 1.00 bits per heavy atom. The van der Waals surface area contributed by atoms with E-state index in [2.05, 4.69) is 26.0 Å². The lowest BCUT2D eigenvalue weighted by atomic mass is 10.0. The van der Waals surface area contributed by atoms with E-state index in [1.54, 1.807) is 0 Å². The van der Waals surface area contributed by atoms with E-state index in [4.69, 9.17) is 14.2 Å². The van der Waals surface area contributed by atoms with Gasteiger partial charge in [0.2, 0.25) is 0 Å². The molecule has 1 aromatic rings. The maximum Gasteiger partial charge on any atom is 0.312 e. The van der Waals surface area contributed by atoms with Gasteiger partial charge < -0.3 is 14.2 Å². The first-order chi connectivity index (χ1) is 7.70. The number of aryl methyl sites for hydroxylation is 2. The topological polar surface area (TPSA) is 27.7 Å². The van der Waals surface area contributed by atoms with Crippen molar-refractivity contribution in [2.75, 3.05) is 19.8 Å². The van der Waals surface area contributed by atoms with Crippen LogP contribution in [-0.4, -0.2) is 19.8 Å². The van der Waals surface area contributed by atoms with Crippen LogP contribution in [0.2, 0.25) is 0 Å². The first-order valence-corrected chi connectivity index (χ1v) is 5.69. The largest absolute Gasteiger partial charge is 0.323 e. The van der Waals surface area contributed by atoms with Crippen molar-refractivity contribution < 1.29 is 14.2 Å². The lowest BCUT2D eigenvalue weighted by Gasteiger charge is -2.45. The fourth-order valence-corrected chi connectivity index (χ4v) is 2.13. The van der Waals surface area contributed by atoms with Crippen molar-refractivity contribution in [1.82, 2.24) is 0 Å². The highest BCUT2D eigenvalue weighted by Crippen LogP contribution is 2.38. The Labute approximate surface area is 95.3 Å². The summed E-state index contributed by atoms with van der Waals surface area (Å²) in [5, 5.41) is 0. The summed E-state index contributed by atoms with van der Waals surface area (Å²) in [4.78, 5) is 0. The minimum Gasteiger partial charge on any atom is -0.323 e. The number of ether oxygens (including phenoxy) is 3. The van der Waals surface area contributed by atoms with Crippen LogP contribution in [0.4, 0.5) is 0 Å². The normalized spacial score (nSPS) is 33.0. The minimum absolute atomic E-state index is 0.397. The minimum atomic E-state index is -0.937. The quantitative estimate of drug-likeness (QED) is 0.725. The summed E-state index contributed by atoms with van der Waals surface area (Å²) in [7, 11) is 0. The Balaban J connectivity index is 1.98. The molecule has 3 heteroatoms. The molecule has 0 aromatic heterocycles. The zero-order chi connectivity index (χ0) is 11.2. The van der Waals surface area contributed by atoms with Gasteiger partial charge in [-0.3, -0.25) is 0 Å². The van der Waals surface area contributed by atoms with Crippen molar-refractivity contribution in [3.63, 3.8) is 0 Å². The molecule has 1 aromatic carbocycles. The van der Waals surface area contributed by atoms with Gasteiger partial charge in [-0.2, -0.15) is 0 Å². The van der Waals surface area contributed by atoms with Crippen molar-refractivity contribution in [3.05, 3.63) is 34.9 Å². The van der Waals surface area contributed by atoms with Gasteiger partial charge in [-0.1, -0.05) is 12.1 Å². The second-order valence-corrected chi connectivity index (χ2v) is 4.65. The molecule has 0 unspecified atom stereocenters. The first kappa shape index (κ1) is 10.3. The number of benzene rings is 1. The smallest absolute Gasteiger partial charge is 0.312 e. The van der Waals surface area contributed by atoms with E-state index < -0.39 is 5.97 Å². The van der Waals surface area contributed by atoms with E-state index in [9.17, 15) is 0 Å². The molecule has 16 heavy (non-hydrogen) atoms. The summed E-state index contributed by atoms with van der Waals surface area (Å²) >= 11 is 0. The second-order valence-electron chi connectivity index (χ2n) is 4.65. The molecular weight excluding hydrogens is 204 g/mol. The molecule has 3 aliphatic rings. The molecule has 0 spiro atoms. The summed E-state index contributed by atoms with van der Waals surface area (Å²) < 4.78 is 17.1. The van der Waals surface area contributed by atoms with Crippen molar-refractivity contribution in [1.29, 1.82) is 0 Å². The molecule has 4 rings (SSSR count). The summed E-state index contributed by atoms with van der Waals surface area (Å²) in [6.45, 7) is 6.37. The molecule has 0 amide bonds. The fourth-order valence-electron chi connectivity index (χ4n) is 2.13. The third-order valence-electron chi connectivity index (χ3n) is 3.39. The molecule has 3 nitrogen and oxygen atoms in total. The molecule has 0 radical (unpaired) electrons. The van der Waals surface area contributed by atoms with Gasteiger partial charge in [-0.05, 0) is 31.0 Å². The zero-order valence-electron chi connectivity index (χ0n) is 9.66. The van der Waals surface area contributed by atoms with Crippen molar-refractivity contribution in [2.24, 2.45) is 5.92 Å². The molecule has 2 bridgehead atoms. The monoisotopic (exact) mass is 220 g/mol. The van der Waals surface area contributed by atoms with Crippen LogP contribution in [-0.2, 0) is 20.2 Å². The van der Waals surface area contributed by atoms with Crippen molar-refractivity contribution in [3.8, 4) is 0 Å². The Morgan fingerprint density at radius 3 is 2.19 bits per heavy atom. The molecule has 3 aliphatic heterocycles. The van der Waals surface area contributed by atoms with E-state index >= 15 is 0 Å². The number of rotatable bonds is 1. The summed E-state index contributed by atoms with van der Waals surface area (Å²) in [6, 6.07) is 6.19. The van der Waals surface area contributed by atoms with Gasteiger partial charge in [0.25, 0.3) is 0 Å². The van der Waals surface area contributed by atoms with E-state index in [-0.39, 0.29) is 0 Å². The summed E-state index contributed by atoms with van der Waals surface area (Å²) in [5.74, 6) is -0.541. The molecule has 86 valence electrons. The highest BCUT2D eigenvalue weighted by Gasteiger charge is 2.46. The highest BCUT2D eigenvalue weighted by atomic mass is 16.9. The highest BCUT2D eigenvalue weighted by molar-refractivity contribution is 5.31. The Kier molecular flexibility index (Phi) is 2.28. The predicted octanol–water partition coefficient (Wildman–Crippen LogP) is 2.11. The zero-order valence-corrected chi connectivity index (χ0v) is 9.66. The van der Waals surface area contributed by atoms with Gasteiger partial charge >= 0.3 is 5.97 Å². The second kappa shape index (κ2) is 3.55. The van der Waals surface area contributed by atoms with Crippen molar-refractivity contribution in [2.45, 2.75) is 19.8 Å². The number of hydrogen-bond acceptors (Lipinski definition) is 3. The number of hydrogen-bond donors (Lipinski definition) is 0. The van der Waals surface area contributed by atoms with Crippen LogP contribution in [0.5, 0.6) is 0 Å². The van der Waals surface area contributed by atoms with Gasteiger partial charge in [-0.15, -0.1) is 0 Å². The van der Waals surface area contributed by atoms with Gasteiger partial charge in [0.1, 0.15) is 0 Å². The molecule has 0 saturated carbocycles. The Morgan fingerprint density at radius 2 is 1.62 bits per heavy atom. The molecule has 0 N–H and O–H groups in total. The van der Waals surface area contributed by atoms with E-state index in [1.165, 1.54) is 11.1 Å².